The van der Waals surface area contributed by atoms with Gasteiger partial charge in [0.2, 0.25) is 0 Å². The third kappa shape index (κ3) is 1.75. The van der Waals surface area contributed by atoms with Gasteiger partial charge in [0.25, 0.3) is 5.88 Å². The average Bonchev–Trinajstić information content (AvgIpc) is 2.76. The molecule has 0 amide bonds. The Morgan fingerprint density at radius 3 is 3.46 bits per heavy atom. The summed E-state index contributed by atoms with van der Waals surface area (Å²) in [5, 5.41) is 3.80. The molecule has 1 atom stereocenters. The highest BCUT2D eigenvalue weighted by molar-refractivity contribution is 5.45. The smallest absolute Gasteiger partial charge is 0.256 e. The monoisotopic (exact) mass is 186 g/mol. The molecule has 1 aromatic heterocycles. The standard InChI is InChI=1S/C8H13N3O2/c1-11-4-7(9)8(10-11)13-6-2-3-12-5-6/h4,6H,2-3,5,9H2,1H3/i1D3. The third-order valence-electron chi connectivity index (χ3n) is 1.87. The van der Waals surface area contributed by atoms with Gasteiger partial charge in [0.15, 0.2) is 0 Å². The molecule has 13 heavy (non-hydrogen) atoms. The molecule has 1 aliphatic heterocycles. The van der Waals surface area contributed by atoms with E-state index in [9.17, 15) is 0 Å². The number of ether oxygens (including phenoxy) is 2. The minimum atomic E-state index is -2.33. The lowest BCUT2D eigenvalue weighted by molar-refractivity contribution is 0.138. The first kappa shape index (κ1) is 5.49. The Kier molecular flexibility index (Phi) is 1.37. The number of anilines is 1. The molecule has 72 valence electrons. The number of nitrogens with two attached hydrogens (primary N) is 1. The fourth-order valence-corrected chi connectivity index (χ4v) is 1.23. The van der Waals surface area contributed by atoms with E-state index in [0.717, 1.165) is 11.1 Å². The van der Waals surface area contributed by atoms with Crippen LogP contribution in [0, 0.1) is 0 Å². The van der Waals surface area contributed by atoms with Crippen molar-refractivity contribution < 1.29 is 13.6 Å². The summed E-state index contributed by atoms with van der Waals surface area (Å²) in [6.07, 6.45) is 1.92. The summed E-state index contributed by atoms with van der Waals surface area (Å²) in [4.78, 5) is 0. The van der Waals surface area contributed by atoms with E-state index < -0.39 is 6.98 Å². The van der Waals surface area contributed by atoms with E-state index in [1.165, 1.54) is 6.20 Å². The Bertz CT molecular complexity index is 371. The maximum Gasteiger partial charge on any atom is 0.256 e. The Balaban J connectivity index is 2.12. The fraction of sp³-hybridized carbons (Fsp3) is 0.625. The topological polar surface area (TPSA) is 62.3 Å². The SMILES string of the molecule is [2H]C([2H])([2H])n1cc(N)c(OC2CCOC2)n1. The van der Waals surface area contributed by atoms with Crippen LogP contribution in [-0.4, -0.2) is 29.1 Å². The first-order valence-corrected chi connectivity index (χ1v) is 4.07. The Morgan fingerprint density at radius 2 is 2.85 bits per heavy atom. The van der Waals surface area contributed by atoms with Crippen molar-refractivity contribution in [3.05, 3.63) is 6.20 Å². The van der Waals surface area contributed by atoms with Crippen LogP contribution in [0.25, 0.3) is 0 Å². The molecule has 0 saturated carbocycles. The molecule has 0 aliphatic carbocycles. The van der Waals surface area contributed by atoms with Crippen molar-refractivity contribution in [1.82, 2.24) is 9.78 Å². The second-order valence-corrected chi connectivity index (χ2v) is 2.94. The number of nitrogens with zero attached hydrogens (tertiary/aromatic N) is 2. The molecule has 1 unspecified atom stereocenters. The molecule has 1 fully saturated rings. The summed E-state index contributed by atoms with van der Waals surface area (Å²) < 4.78 is 32.9. The molecule has 1 saturated heterocycles. The van der Waals surface area contributed by atoms with Crippen molar-refractivity contribution in [2.45, 2.75) is 12.5 Å². The number of nitrogen functional groups attached to an aromatic ring is 1. The van der Waals surface area contributed by atoms with Gasteiger partial charge in [0, 0.05) is 17.5 Å². The van der Waals surface area contributed by atoms with Crippen molar-refractivity contribution in [2.75, 3.05) is 18.9 Å². The van der Waals surface area contributed by atoms with E-state index in [2.05, 4.69) is 5.10 Å². The van der Waals surface area contributed by atoms with Crippen LogP contribution in [0.2, 0.25) is 0 Å². The van der Waals surface area contributed by atoms with Crippen LogP contribution >= 0.6 is 0 Å². The first-order chi connectivity index (χ1) is 7.47. The lowest BCUT2D eigenvalue weighted by Crippen LogP contribution is -2.16. The maximum atomic E-state index is 7.17. The molecule has 1 aromatic rings. The predicted molar refractivity (Wildman–Crippen MR) is 47.5 cm³/mol. The zero-order valence-corrected chi connectivity index (χ0v) is 7.06. The number of aryl methyl sites for hydroxylation is 1. The number of rotatable bonds is 2. The maximum absolute atomic E-state index is 7.17. The minimum absolute atomic E-state index is 0.0951. The molecule has 1 aliphatic rings. The number of hydrogen-bond acceptors (Lipinski definition) is 4. The molecular formula is C8H13N3O2. The van der Waals surface area contributed by atoms with Crippen LogP contribution in [0.1, 0.15) is 10.5 Å². The van der Waals surface area contributed by atoms with Crippen LogP contribution in [0.5, 0.6) is 5.88 Å². The molecule has 2 N–H and O–H groups in total. The Labute approximate surface area is 80.6 Å². The Hall–Kier alpha value is -1.23. The van der Waals surface area contributed by atoms with Crippen molar-refractivity contribution >= 4 is 5.69 Å². The highest BCUT2D eigenvalue weighted by Gasteiger charge is 2.19. The zero-order valence-electron chi connectivity index (χ0n) is 10.1. The molecule has 0 spiro atoms. The molecule has 2 heterocycles. The summed E-state index contributed by atoms with van der Waals surface area (Å²) in [5.74, 6) is 0.159. The lowest BCUT2D eigenvalue weighted by Gasteiger charge is -2.08. The van der Waals surface area contributed by atoms with E-state index in [1.54, 1.807) is 0 Å². The van der Waals surface area contributed by atoms with Crippen LogP contribution in [0.3, 0.4) is 0 Å². The van der Waals surface area contributed by atoms with Crippen LogP contribution < -0.4 is 10.5 Å². The second-order valence-electron chi connectivity index (χ2n) is 2.94. The Morgan fingerprint density at radius 1 is 1.92 bits per heavy atom. The van der Waals surface area contributed by atoms with Gasteiger partial charge in [-0.15, -0.1) is 5.10 Å². The van der Waals surface area contributed by atoms with Gasteiger partial charge in [0.05, 0.1) is 19.4 Å². The van der Waals surface area contributed by atoms with E-state index in [0.29, 0.717) is 13.2 Å². The average molecular weight is 186 g/mol. The van der Waals surface area contributed by atoms with Gasteiger partial charge in [-0.25, -0.2) is 0 Å². The van der Waals surface area contributed by atoms with Crippen molar-refractivity contribution in [2.24, 2.45) is 6.98 Å². The fourth-order valence-electron chi connectivity index (χ4n) is 1.23. The molecule has 0 aromatic carbocycles. The van der Waals surface area contributed by atoms with Crippen LogP contribution in [0.15, 0.2) is 6.20 Å². The normalized spacial score (nSPS) is 26.5. The summed E-state index contributed by atoms with van der Waals surface area (Å²) in [6, 6.07) is 0. The zero-order chi connectivity index (χ0) is 11.8. The van der Waals surface area contributed by atoms with E-state index in [4.69, 9.17) is 19.3 Å². The van der Waals surface area contributed by atoms with E-state index >= 15 is 0 Å². The molecule has 0 bridgehead atoms. The number of aromatic nitrogens is 2. The highest BCUT2D eigenvalue weighted by atomic mass is 16.5. The van der Waals surface area contributed by atoms with Gasteiger partial charge in [-0.05, 0) is 0 Å². The lowest BCUT2D eigenvalue weighted by atomic mass is 10.3. The van der Waals surface area contributed by atoms with Gasteiger partial charge in [-0.2, -0.15) is 0 Å². The third-order valence-corrected chi connectivity index (χ3v) is 1.87. The van der Waals surface area contributed by atoms with Gasteiger partial charge in [-0.3, -0.25) is 4.68 Å². The van der Waals surface area contributed by atoms with Gasteiger partial charge >= 0.3 is 0 Å². The predicted octanol–water partition coefficient (Wildman–Crippen LogP) is 0.170. The summed E-state index contributed by atoms with van der Waals surface area (Å²) in [6.45, 7) is -1.20. The molecule has 5 nitrogen and oxygen atoms in total. The molecular weight excluding hydrogens is 170 g/mol. The van der Waals surface area contributed by atoms with Crippen molar-refractivity contribution in [3.63, 3.8) is 0 Å². The van der Waals surface area contributed by atoms with E-state index in [-0.39, 0.29) is 17.7 Å². The summed E-state index contributed by atoms with van der Waals surface area (Å²) >= 11 is 0. The molecule has 5 heteroatoms. The highest BCUT2D eigenvalue weighted by Crippen LogP contribution is 2.21. The van der Waals surface area contributed by atoms with Crippen LogP contribution in [0.4, 0.5) is 5.69 Å². The van der Waals surface area contributed by atoms with Crippen molar-refractivity contribution in [3.8, 4) is 5.88 Å². The molecule has 2 rings (SSSR count). The summed E-state index contributed by atoms with van der Waals surface area (Å²) in [5.41, 5.74) is 5.84. The minimum Gasteiger partial charge on any atom is -0.469 e. The first-order valence-electron chi connectivity index (χ1n) is 5.57. The number of hydrogen-bond donors (Lipinski definition) is 1. The summed E-state index contributed by atoms with van der Waals surface area (Å²) in [7, 11) is 0. The van der Waals surface area contributed by atoms with E-state index in [1.807, 2.05) is 0 Å². The quantitative estimate of drug-likeness (QED) is 0.715. The largest absolute Gasteiger partial charge is 0.469 e. The van der Waals surface area contributed by atoms with Gasteiger partial charge in [0.1, 0.15) is 11.8 Å². The van der Waals surface area contributed by atoms with Gasteiger partial charge in [-0.1, -0.05) is 0 Å². The second kappa shape index (κ2) is 3.26. The van der Waals surface area contributed by atoms with Crippen LogP contribution in [-0.2, 0) is 11.7 Å². The molecule has 0 radical (unpaired) electrons. The van der Waals surface area contributed by atoms with Gasteiger partial charge < -0.3 is 15.2 Å². The van der Waals surface area contributed by atoms with Crippen molar-refractivity contribution in [1.29, 1.82) is 0 Å².